The largest absolute Gasteiger partial charge is 0.481 e. The molecule has 0 saturated carbocycles. The predicted molar refractivity (Wildman–Crippen MR) is 71.5 cm³/mol. The molecule has 2 amide bonds. The molecule has 0 radical (unpaired) electrons. The van der Waals surface area contributed by atoms with E-state index in [4.69, 9.17) is 5.11 Å². The second kappa shape index (κ2) is 7.76. The van der Waals surface area contributed by atoms with Gasteiger partial charge in [0.1, 0.15) is 0 Å². The zero-order chi connectivity index (χ0) is 15.1. The predicted octanol–water partition coefficient (Wildman–Crippen LogP) is 0.766. The van der Waals surface area contributed by atoms with Gasteiger partial charge in [0.25, 0.3) is 0 Å². The van der Waals surface area contributed by atoms with Crippen LogP contribution >= 0.6 is 0 Å². The Morgan fingerprint density at radius 3 is 2.16 bits per heavy atom. The molecule has 6 heteroatoms. The van der Waals surface area contributed by atoms with Crippen molar-refractivity contribution in [3.8, 4) is 0 Å². The van der Waals surface area contributed by atoms with E-state index in [0.717, 1.165) is 0 Å². The van der Waals surface area contributed by atoms with Crippen molar-refractivity contribution >= 4 is 17.8 Å². The van der Waals surface area contributed by atoms with E-state index in [-0.39, 0.29) is 31.2 Å². The highest BCUT2D eigenvalue weighted by molar-refractivity contribution is 5.84. The number of amides is 2. The quantitative estimate of drug-likeness (QED) is 0.608. The highest BCUT2D eigenvalue weighted by atomic mass is 16.4. The molecule has 3 N–H and O–H groups in total. The van der Waals surface area contributed by atoms with Crippen LogP contribution in [0.5, 0.6) is 0 Å². The first-order valence-corrected chi connectivity index (χ1v) is 6.42. The van der Waals surface area contributed by atoms with E-state index in [9.17, 15) is 14.4 Å². The molecule has 0 unspecified atom stereocenters. The van der Waals surface area contributed by atoms with E-state index in [2.05, 4.69) is 10.6 Å². The minimum Gasteiger partial charge on any atom is -0.481 e. The zero-order valence-electron chi connectivity index (χ0n) is 12.1. The summed E-state index contributed by atoms with van der Waals surface area (Å²) in [6.07, 6.45) is 0.0991. The molecule has 0 aromatic rings. The number of carboxylic acids is 1. The smallest absolute Gasteiger partial charge is 0.309 e. The second-order valence-corrected chi connectivity index (χ2v) is 5.66. The third-order valence-corrected chi connectivity index (χ3v) is 2.56. The molecule has 0 aromatic heterocycles. The van der Waals surface area contributed by atoms with Crippen LogP contribution < -0.4 is 10.6 Å². The van der Waals surface area contributed by atoms with Gasteiger partial charge in [-0.3, -0.25) is 14.4 Å². The summed E-state index contributed by atoms with van der Waals surface area (Å²) < 4.78 is 0. The lowest BCUT2D eigenvalue weighted by atomic mass is 9.89. The van der Waals surface area contributed by atoms with Crippen molar-refractivity contribution in [3.63, 3.8) is 0 Å². The van der Waals surface area contributed by atoms with E-state index in [1.54, 1.807) is 0 Å². The molecule has 0 atom stereocenters. The van der Waals surface area contributed by atoms with Crippen LogP contribution in [0.25, 0.3) is 0 Å². The molecule has 0 fully saturated rings. The molecule has 0 bridgehead atoms. The molecule has 0 rings (SSSR count). The highest BCUT2D eigenvalue weighted by Crippen LogP contribution is 2.19. The van der Waals surface area contributed by atoms with E-state index < -0.39 is 11.4 Å². The molecule has 0 heterocycles. The first-order valence-electron chi connectivity index (χ1n) is 6.42. The first-order chi connectivity index (χ1) is 8.65. The lowest BCUT2D eigenvalue weighted by Crippen LogP contribution is -2.36. The van der Waals surface area contributed by atoms with Gasteiger partial charge in [0, 0.05) is 25.9 Å². The van der Waals surface area contributed by atoms with E-state index in [1.165, 1.54) is 13.8 Å². The summed E-state index contributed by atoms with van der Waals surface area (Å²) in [4.78, 5) is 33.7. The van der Waals surface area contributed by atoms with Crippen molar-refractivity contribution < 1.29 is 19.5 Å². The molecular formula is C13H24N2O4. The first kappa shape index (κ1) is 17.4. The maximum Gasteiger partial charge on any atom is 0.309 e. The van der Waals surface area contributed by atoms with Gasteiger partial charge in [-0.2, -0.15) is 0 Å². The molecule has 6 nitrogen and oxygen atoms in total. The van der Waals surface area contributed by atoms with Crippen LogP contribution in [0.1, 0.15) is 40.5 Å². The van der Waals surface area contributed by atoms with Crippen LogP contribution in [-0.4, -0.2) is 36.0 Å². The van der Waals surface area contributed by atoms with Crippen molar-refractivity contribution in [1.82, 2.24) is 10.6 Å². The van der Waals surface area contributed by atoms with Gasteiger partial charge in [-0.15, -0.1) is 0 Å². The lowest BCUT2D eigenvalue weighted by Gasteiger charge is -2.18. The third-order valence-electron chi connectivity index (χ3n) is 2.56. The van der Waals surface area contributed by atoms with Crippen LogP contribution in [0, 0.1) is 11.3 Å². The maximum absolute atomic E-state index is 11.5. The van der Waals surface area contributed by atoms with Gasteiger partial charge in [-0.1, -0.05) is 13.8 Å². The molecule has 19 heavy (non-hydrogen) atoms. The fourth-order valence-corrected chi connectivity index (χ4v) is 1.26. The number of hydrogen-bond acceptors (Lipinski definition) is 3. The molecule has 0 aliphatic rings. The van der Waals surface area contributed by atoms with Crippen molar-refractivity contribution in [2.75, 3.05) is 13.1 Å². The monoisotopic (exact) mass is 272 g/mol. The summed E-state index contributed by atoms with van der Waals surface area (Å²) in [6.45, 7) is 7.80. The number of nitrogens with one attached hydrogen (secondary N) is 2. The summed E-state index contributed by atoms with van der Waals surface area (Å²) in [5.74, 6) is -1.11. The molecule has 110 valence electrons. The van der Waals surface area contributed by atoms with E-state index in [1.807, 2.05) is 13.8 Å². The Labute approximate surface area is 113 Å². The van der Waals surface area contributed by atoms with Crippen LogP contribution in [0.2, 0.25) is 0 Å². The Hall–Kier alpha value is -1.59. The van der Waals surface area contributed by atoms with Gasteiger partial charge in [-0.25, -0.2) is 0 Å². The van der Waals surface area contributed by atoms with E-state index in [0.29, 0.717) is 12.5 Å². The van der Waals surface area contributed by atoms with Crippen molar-refractivity contribution in [1.29, 1.82) is 0 Å². The third kappa shape index (κ3) is 8.18. The lowest BCUT2D eigenvalue weighted by molar-refractivity contribution is -0.149. The molecule has 0 aliphatic carbocycles. The van der Waals surface area contributed by atoms with Gasteiger partial charge in [-0.05, 0) is 19.8 Å². The van der Waals surface area contributed by atoms with Crippen molar-refractivity contribution in [3.05, 3.63) is 0 Å². The number of carboxylic acid groups (broad SMARTS) is 1. The van der Waals surface area contributed by atoms with Crippen LogP contribution in [0.3, 0.4) is 0 Å². The Bertz CT molecular complexity index is 338. The number of hydrogen-bond donors (Lipinski definition) is 3. The molecule has 0 spiro atoms. The van der Waals surface area contributed by atoms with Gasteiger partial charge < -0.3 is 15.7 Å². The van der Waals surface area contributed by atoms with Gasteiger partial charge >= 0.3 is 5.97 Å². The minimum absolute atomic E-state index is 0.101. The number of carbonyl (C=O) groups is 3. The van der Waals surface area contributed by atoms with Gasteiger partial charge in [0.2, 0.25) is 11.8 Å². The Morgan fingerprint density at radius 1 is 1.11 bits per heavy atom. The molecule has 0 aliphatic heterocycles. The second-order valence-electron chi connectivity index (χ2n) is 5.66. The average molecular weight is 272 g/mol. The maximum atomic E-state index is 11.5. The van der Waals surface area contributed by atoms with Crippen molar-refractivity contribution in [2.24, 2.45) is 11.3 Å². The van der Waals surface area contributed by atoms with Crippen LogP contribution in [0.15, 0.2) is 0 Å². The summed E-state index contributed by atoms with van der Waals surface area (Å²) in [5, 5.41) is 14.2. The Kier molecular flexibility index (Phi) is 7.11. The average Bonchev–Trinajstić information content (AvgIpc) is 2.25. The Balaban J connectivity index is 3.87. The van der Waals surface area contributed by atoms with Gasteiger partial charge in [0.15, 0.2) is 0 Å². The zero-order valence-corrected chi connectivity index (χ0v) is 12.1. The van der Waals surface area contributed by atoms with E-state index >= 15 is 0 Å². The highest BCUT2D eigenvalue weighted by Gasteiger charge is 2.29. The molecule has 0 aromatic carbocycles. The standard InChI is InChI=1S/C13H24N2O4/c1-9(2)8-15-10(16)5-6-14-11(17)7-13(3,4)12(18)19/h9H,5-8H2,1-4H3,(H,14,17)(H,15,16)(H,18,19). The summed E-state index contributed by atoms with van der Waals surface area (Å²) in [6, 6.07) is 0. The molecule has 0 saturated heterocycles. The topological polar surface area (TPSA) is 95.5 Å². The number of carbonyl (C=O) groups excluding carboxylic acids is 2. The fourth-order valence-electron chi connectivity index (χ4n) is 1.26. The number of aliphatic carboxylic acids is 1. The minimum atomic E-state index is -1.09. The van der Waals surface area contributed by atoms with Crippen molar-refractivity contribution in [2.45, 2.75) is 40.5 Å². The fraction of sp³-hybridized carbons (Fsp3) is 0.769. The van der Waals surface area contributed by atoms with Crippen LogP contribution in [-0.2, 0) is 14.4 Å². The van der Waals surface area contributed by atoms with Gasteiger partial charge in [0.05, 0.1) is 5.41 Å². The number of rotatable bonds is 8. The molecular weight excluding hydrogens is 248 g/mol. The Morgan fingerprint density at radius 2 is 1.68 bits per heavy atom. The summed E-state index contributed by atoms with van der Waals surface area (Å²) >= 11 is 0. The van der Waals surface area contributed by atoms with Crippen LogP contribution in [0.4, 0.5) is 0 Å². The summed E-state index contributed by atoms with van der Waals surface area (Å²) in [7, 11) is 0. The normalized spacial score (nSPS) is 11.2. The summed E-state index contributed by atoms with van der Waals surface area (Å²) in [5.41, 5.74) is -1.09. The SMILES string of the molecule is CC(C)CNC(=O)CCNC(=O)CC(C)(C)C(=O)O.